The molecule has 1 aromatic rings. The molecule has 1 aromatic heterocycles. The van der Waals surface area contributed by atoms with Crippen molar-refractivity contribution in [2.45, 2.75) is 0 Å². The van der Waals surface area contributed by atoms with Gasteiger partial charge in [0, 0.05) is 0 Å². The van der Waals surface area contributed by atoms with Crippen molar-refractivity contribution >= 4 is 31.4 Å². The van der Waals surface area contributed by atoms with Gasteiger partial charge in [-0.05, 0) is 20.6 Å². The molecule has 0 spiro atoms. The summed E-state index contributed by atoms with van der Waals surface area (Å²) in [5.41, 5.74) is 0. The van der Waals surface area contributed by atoms with Gasteiger partial charge in [-0.3, -0.25) is 0 Å². The van der Waals surface area contributed by atoms with Crippen molar-refractivity contribution in [3.8, 4) is 0 Å². The largest absolute Gasteiger partial charge is 0.225 e. The lowest BCUT2D eigenvalue weighted by Gasteiger charge is -1.69. The molecule has 0 radical (unpaired) electrons. The fourth-order valence-corrected chi connectivity index (χ4v) is 3.27. The van der Waals surface area contributed by atoms with Crippen molar-refractivity contribution in [3.05, 3.63) is 29.8 Å². The molecule has 11 heavy (non-hydrogen) atoms. The summed E-state index contributed by atoms with van der Waals surface area (Å²) >= 11 is 0. The molecule has 0 unspecified atom stereocenters. The summed E-state index contributed by atoms with van der Waals surface area (Å²) in [6.45, 7) is 0. The van der Waals surface area contributed by atoms with E-state index < -0.39 is 0 Å². The number of aromatic nitrogens is 3. The van der Waals surface area contributed by atoms with Gasteiger partial charge >= 0.3 is 0 Å². The minimum atomic E-state index is 1.44. The van der Waals surface area contributed by atoms with E-state index in [4.69, 9.17) is 0 Å². The highest BCUT2D eigenvalue weighted by atomic mass is 33.5. The summed E-state index contributed by atoms with van der Waals surface area (Å²) in [6, 6.07) is 0. The fourth-order valence-electron chi connectivity index (χ4n) is 0.318. The SMILES string of the molecule is C1=CSSS1.c1ncncn1. The molecule has 0 aromatic carbocycles. The van der Waals surface area contributed by atoms with Crippen LogP contribution in [-0.4, -0.2) is 15.0 Å². The lowest BCUT2D eigenvalue weighted by molar-refractivity contribution is 1.05. The third-order valence-corrected chi connectivity index (χ3v) is 4.02. The number of hydrogen-bond acceptors (Lipinski definition) is 6. The Morgan fingerprint density at radius 1 is 0.727 bits per heavy atom. The molecule has 58 valence electrons. The van der Waals surface area contributed by atoms with Gasteiger partial charge in [0.1, 0.15) is 19.0 Å². The summed E-state index contributed by atoms with van der Waals surface area (Å²) < 4.78 is 0. The third-order valence-electron chi connectivity index (χ3n) is 0.645. The molecule has 2 heterocycles. The average molecular weight is 203 g/mol. The molecule has 1 aliphatic heterocycles. The van der Waals surface area contributed by atoms with Gasteiger partial charge in [0.05, 0.1) is 0 Å². The average Bonchev–Trinajstić information content (AvgIpc) is 2.64. The first-order chi connectivity index (χ1) is 5.50. The monoisotopic (exact) mass is 203 g/mol. The predicted octanol–water partition coefficient (Wildman–Crippen LogP) is 2.37. The maximum atomic E-state index is 3.56. The van der Waals surface area contributed by atoms with Crippen LogP contribution in [0.4, 0.5) is 0 Å². The second-order valence-electron chi connectivity index (χ2n) is 1.33. The highest BCUT2D eigenvalue weighted by Crippen LogP contribution is 2.42. The number of nitrogens with zero attached hydrogens (tertiary/aromatic N) is 3. The maximum absolute atomic E-state index is 3.56. The van der Waals surface area contributed by atoms with Crippen molar-refractivity contribution in [1.82, 2.24) is 15.0 Å². The van der Waals surface area contributed by atoms with E-state index in [2.05, 4.69) is 25.8 Å². The molecule has 0 bridgehead atoms. The molecule has 1 aliphatic rings. The molecule has 6 heteroatoms. The van der Waals surface area contributed by atoms with Crippen LogP contribution >= 0.6 is 31.4 Å². The Hall–Kier alpha value is -0.200. The highest BCUT2D eigenvalue weighted by molar-refractivity contribution is 9.11. The van der Waals surface area contributed by atoms with Crippen molar-refractivity contribution < 1.29 is 0 Å². The smallest absolute Gasteiger partial charge is 0.119 e. The van der Waals surface area contributed by atoms with Gasteiger partial charge < -0.3 is 0 Å². The Labute approximate surface area is 76.3 Å². The molecule has 3 nitrogen and oxygen atoms in total. The van der Waals surface area contributed by atoms with Gasteiger partial charge in [0.15, 0.2) is 0 Å². The van der Waals surface area contributed by atoms with E-state index in [1.54, 1.807) is 31.4 Å². The third kappa shape index (κ3) is 5.11. The van der Waals surface area contributed by atoms with E-state index in [1.165, 1.54) is 19.0 Å². The lowest BCUT2D eigenvalue weighted by atomic mass is 11.1. The molecule has 2 rings (SSSR count). The standard InChI is InChI=1S/C3H3N3.C2H2S3/c1-4-2-6-3-5-1;1-2-4-5-3-1/h1-3H;1-2H. The van der Waals surface area contributed by atoms with Gasteiger partial charge in [0.2, 0.25) is 0 Å². The van der Waals surface area contributed by atoms with Crippen LogP contribution in [0.2, 0.25) is 0 Å². The topological polar surface area (TPSA) is 38.7 Å². The summed E-state index contributed by atoms with van der Waals surface area (Å²) in [4.78, 5) is 10.7. The molecular formula is C5H5N3S3. The molecule has 0 saturated carbocycles. The van der Waals surface area contributed by atoms with Crippen LogP contribution in [0, 0.1) is 0 Å². The van der Waals surface area contributed by atoms with Crippen LogP contribution in [0.5, 0.6) is 0 Å². The highest BCUT2D eigenvalue weighted by Gasteiger charge is 1.87. The minimum Gasteiger partial charge on any atom is -0.225 e. The molecule has 0 aliphatic carbocycles. The molecule has 0 atom stereocenters. The van der Waals surface area contributed by atoms with Gasteiger partial charge in [0.25, 0.3) is 0 Å². The van der Waals surface area contributed by atoms with E-state index in [-0.39, 0.29) is 0 Å². The normalized spacial score (nSPS) is 13.8. The van der Waals surface area contributed by atoms with Gasteiger partial charge in [-0.1, -0.05) is 21.6 Å². The zero-order valence-electron chi connectivity index (χ0n) is 5.45. The van der Waals surface area contributed by atoms with E-state index in [0.29, 0.717) is 0 Å². The minimum absolute atomic E-state index is 1.44. The molecule has 0 saturated heterocycles. The summed E-state index contributed by atoms with van der Waals surface area (Å²) in [7, 11) is 5.34. The summed E-state index contributed by atoms with van der Waals surface area (Å²) in [5.74, 6) is 0. The zero-order chi connectivity index (χ0) is 7.78. The summed E-state index contributed by atoms with van der Waals surface area (Å²) in [5, 5.41) is 4.16. The Balaban J connectivity index is 0.000000112. The van der Waals surface area contributed by atoms with Gasteiger partial charge in [-0.2, -0.15) is 0 Å². The fraction of sp³-hybridized carbons (Fsp3) is 0. The molecule has 0 amide bonds. The Morgan fingerprint density at radius 3 is 1.36 bits per heavy atom. The second kappa shape index (κ2) is 6.51. The molecular weight excluding hydrogens is 198 g/mol. The van der Waals surface area contributed by atoms with E-state index in [0.717, 1.165) is 0 Å². The van der Waals surface area contributed by atoms with Gasteiger partial charge in [-0.25, -0.2) is 15.0 Å². The van der Waals surface area contributed by atoms with Crippen molar-refractivity contribution in [1.29, 1.82) is 0 Å². The van der Waals surface area contributed by atoms with Crippen molar-refractivity contribution in [2.75, 3.05) is 0 Å². The van der Waals surface area contributed by atoms with Crippen LogP contribution in [0.25, 0.3) is 0 Å². The van der Waals surface area contributed by atoms with Crippen LogP contribution in [-0.2, 0) is 0 Å². The van der Waals surface area contributed by atoms with Crippen LogP contribution in [0.3, 0.4) is 0 Å². The van der Waals surface area contributed by atoms with Crippen LogP contribution < -0.4 is 0 Å². The lowest BCUT2D eigenvalue weighted by Crippen LogP contribution is -1.73. The van der Waals surface area contributed by atoms with Crippen LogP contribution in [0.15, 0.2) is 29.8 Å². The second-order valence-corrected chi connectivity index (χ2v) is 5.18. The van der Waals surface area contributed by atoms with Gasteiger partial charge in [-0.15, -0.1) is 0 Å². The molecule has 0 fully saturated rings. The zero-order valence-corrected chi connectivity index (χ0v) is 7.90. The van der Waals surface area contributed by atoms with E-state index in [1.807, 2.05) is 0 Å². The first-order valence-corrected chi connectivity index (χ1v) is 6.30. The quantitative estimate of drug-likeness (QED) is 0.603. The van der Waals surface area contributed by atoms with Crippen molar-refractivity contribution in [2.24, 2.45) is 0 Å². The van der Waals surface area contributed by atoms with E-state index >= 15 is 0 Å². The Kier molecular flexibility index (Phi) is 5.26. The first kappa shape index (κ1) is 8.89. The Morgan fingerprint density at radius 2 is 1.18 bits per heavy atom. The predicted molar refractivity (Wildman–Crippen MR) is 51.7 cm³/mol. The summed E-state index contributed by atoms with van der Waals surface area (Å²) in [6.07, 6.45) is 4.31. The first-order valence-electron chi connectivity index (χ1n) is 2.69. The van der Waals surface area contributed by atoms with Crippen molar-refractivity contribution in [3.63, 3.8) is 0 Å². The number of hydrogen-bond donors (Lipinski definition) is 0. The van der Waals surface area contributed by atoms with Crippen LogP contribution in [0.1, 0.15) is 0 Å². The Bertz CT molecular complexity index is 171. The maximum Gasteiger partial charge on any atom is 0.119 e. The van der Waals surface area contributed by atoms with E-state index in [9.17, 15) is 0 Å². The molecule has 0 N–H and O–H groups in total. The number of rotatable bonds is 0.